The van der Waals surface area contributed by atoms with Crippen LogP contribution < -0.4 is 0 Å². The van der Waals surface area contributed by atoms with Crippen molar-refractivity contribution in [2.75, 3.05) is 32.8 Å². The van der Waals surface area contributed by atoms with Crippen molar-refractivity contribution in [2.45, 2.75) is 32.3 Å². The number of ether oxygens (including phenoxy) is 1. The second kappa shape index (κ2) is 7.07. The van der Waals surface area contributed by atoms with Crippen LogP contribution in [0.4, 0.5) is 0 Å². The normalized spacial score (nSPS) is 21.2. The zero-order valence-electron chi connectivity index (χ0n) is 15.1. The van der Waals surface area contributed by atoms with E-state index < -0.39 is 0 Å². The van der Waals surface area contributed by atoms with Crippen LogP contribution >= 0.6 is 0 Å². The van der Waals surface area contributed by atoms with E-state index in [-0.39, 0.29) is 17.9 Å². The molecular weight excluding hydrogens is 332 g/mol. The molecule has 0 aromatic carbocycles. The first-order valence-electron chi connectivity index (χ1n) is 9.27. The molecule has 2 fully saturated rings. The van der Waals surface area contributed by atoms with Crippen LogP contribution in [-0.2, 0) is 9.53 Å². The highest BCUT2D eigenvalue weighted by Gasteiger charge is 2.30. The van der Waals surface area contributed by atoms with Gasteiger partial charge in [-0.15, -0.1) is 0 Å². The second-order valence-electron chi connectivity index (χ2n) is 7.04. The fourth-order valence-corrected chi connectivity index (χ4v) is 3.74. The van der Waals surface area contributed by atoms with Crippen molar-refractivity contribution in [3.8, 4) is 0 Å². The lowest BCUT2D eigenvalue weighted by Gasteiger charge is -2.24. The minimum atomic E-state index is -0.288. The number of fused-ring (bicyclic) bond motifs is 1. The molecule has 2 aliphatic rings. The van der Waals surface area contributed by atoms with Crippen LogP contribution in [-0.4, -0.2) is 69.9 Å². The zero-order chi connectivity index (χ0) is 18.1. The van der Waals surface area contributed by atoms with Gasteiger partial charge in [0.25, 0.3) is 11.8 Å². The topological polar surface area (TPSA) is 67.2 Å². The summed E-state index contributed by atoms with van der Waals surface area (Å²) in [4.78, 5) is 33.5. The summed E-state index contributed by atoms with van der Waals surface area (Å²) < 4.78 is 7.40. The molecular formula is C19H24N4O3. The largest absolute Gasteiger partial charge is 0.368 e. The molecule has 0 spiro atoms. The quantitative estimate of drug-likeness (QED) is 0.818. The van der Waals surface area contributed by atoms with E-state index in [9.17, 15) is 9.59 Å². The van der Waals surface area contributed by atoms with Gasteiger partial charge in [0.2, 0.25) is 0 Å². The van der Waals surface area contributed by atoms with Crippen LogP contribution in [0.5, 0.6) is 0 Å². The van der Waals surface area contributed by atoms with Crippen LogP contribution in [0.25, 0.3) is 5.65 Å². The molecule has 26 heavy (non-hydrogen) atoms. The van der Waals surface area contributed by atoms with Gasteiger partial charge >= 0.3 is 0 Å². The summed E-state index contributed by atoms with van der Waals surface area (Å²) in [6.07, 6.45) is 6.00. The smallest absolute Gasteiger partial charge is 0.255 e. The van der Waals surface area contributed by atoms with Crippen LogP contribution in [0.2, 0.25) is 0 Å². The first kappa shape index (κ1) is 17.0. The summed E-state index contributed by atoms with van der Waals surface area (Å²) in [5.41, 5.74) is 2.41. The predicted molar refractivity (Wildman–Crippen MR) is 96.0 cm³/mol. The number of nitrogens with zero attached hydrogens (tertiary/aromatic N) is 4. The summed E-state index contributed by atoms with van der Waals surface area (Å²) in [7, 11) is 0. The van der Waals surface area contributed by atoms with Crippen LogP contribution in [0, 0.1) is 6.92 Å². The molecule has 2 aliphatic heterocycles. The molecule has 0 aliphatic carbocycles. The summed E-state index contributed by atoms with van der Waals surface area (Å²) in [5, 5.41) is 0. The third-order valence-electron chi connectivity index (χ3n) is 5.12. The third-order valence-corrected chi connectivity index (χ3v) is 5.12. The van der Waals surface area contributed by atoms with Gasteiger partial charge in [0.05, 0.1) is 11.3 Å². The van der Waals surface area contributed by atoms with Crippen LogP contribution in [0.1, 0.15) is 35.3 Å². The molecule has 4 rings (SSSR count). The number of hydrogen-bond donors (Lipinski definition) is 0. The molecule has 7 nitrogen and oxygen atoms in total. The maximum Gasteiger partial charge on any atom is 0.255 e. The molecule has 7 heteroatoms. The van der Waals surface area contributed by atoms with E-state index in [1.165, 1.54) is 0 Å². The van der Waals surface area contributed by atoms with Gasteiger partial charge in [-0.1, -0.05) is 0 Å². The first-order chi connectivity index (χ1) is 12.6. The number of aromatic nitrogens is 2. The highest BCUT2D eigenvalue weighted by Crippen LogP contribution is 2.17. The molecule has 0 unspecified atom stereocenters. The lowest BCUT2D eigenvalue weighted by Crippen LogP contribution is -2.41. The number of amides is 2. The van der Waals surface area contributed by atoms with E-state index >= 15 is 0 Å². The maximum absolute atomic E-state index is 12.9. The molecule has 1 atom stereocenters. The SMILES string of the molecule is Cc1cn2cc(C(=O)N3CCCN(C(=O)[C@H]4CCCO4)CC3)ccc2n1. The molecule has 138 valence electrons. The molecule has 4 heterocycles. The Kier molecular flexibility index (Phi) is 4.63. The Morgan fingerprint density at radius 2 is 1.88 bits per heavy atom. The van der Waals surface area contributed by atoms with Crippen LogP contribution in [0.15, 0.2) is 24.5 Å². The minimum Gasteiger partial charge on any atom is -0.368 e. The lowest BCUT2D eigenvalue weighted by atomic mass is 10.2. The van der Waals surface area contributed by atoms with E-state index in [1.54, 1.807) is 0 Å². The van der Waals surface area contributed by atoms with E-state index in [2.05, 4.69) is 4.98 Å². The summed E-state index contributed by atoms with van der Waals surface area (Å²) in [6.45, 7) is 5.07. The van der Waals surface area contributed by atoms with Crippen molar-refractivity contribution in [1.82, 2.24) is 19.2 Å². The van der Waals surface area contributed by atoms with Gasteiger partial charge in [0, 0.05) is 45.2 Å². The average molecular weight is 356 g/mol. The Balaban J connectivity index is 1.44. The average Bonchev–Trinajstić information content (AvgIpc) is 3.23. The monoisotopic (exact) mass is 356 g/mol. The second-order valence-corrected chi connectivity index (χ2v) is 7.04. The number of carbonyl (C=O) groups is 2. The molecule has 2 saturated heterocycles. The molecule has 0 bridgehead atoms. The zero-order valence-corrected chi connectivity index (χ0v) is 15.1. The highest BCUT2D eigenvalue weighted by atomic mass is 16.5. The fourth-order valence-electron chi connectivity index (χ4n) is 3.74. The Morgan fingerprint density at radius 1 is 1.08 bits per heavy atom. The molecule has 2 aromatic rings. The van der Waals surface area contributed by atoms with Crippen LogP contribution in [0.3, 0.4) is 0 Å². The summed E-state index contributed by atoms with van der Waals surface area (Å²) in [6, 6.07) is 3.69. The van der Waals surface area contributed by atoms with Crippen molar-refractivity contribution in [1.29, 1.82) is 0 Å². The van der Waals surface area contributed by atoms with E-state index in [0.717, 1.165) is 30.6 Å². The highest BCUT2D eigenvalue weighted by molar-refractivity contribution is 5.94. The molecule has 2 amide bonds. The van der Waals surface area contributed by atoms with Gasteiger partial charge in [-0.25, -0.2) is 4.98 Å². The Bertz CT molecular complexity index is 825. The number of aryl methyl sites for hydroxylation is 1. The van der Waals surface area contributed by atoms with E-state index in [1.807, 2.05) is 45.7 Å². The van der Waals surface area contributed by atoms with Crippen molar-refractivity contribution in [3.05, 3.63) is 35.8 Å². The van der Waals surface area contributed by atoms with Gasteiger partial charge < -0.3 is 18.9 Å². The summed E-state index contributed by atoms with van der Waals surface area (Å²) in [5.74, 6) is 0.0803. The minimum absolute atomic E-state index is 0.00432. The Morgan fingerprint density at radius 3 is 2.69 bits per heavy atom. The molecule has 0 N–H and O–H groups in total. The number of pyridine rings is 1. The standard InChI is InChI=1S/C19H24N4O3/c1-14-12-23-13-15(5-6-17(23)20-14)18(24)21-7-3-8-22(10-9-21)19(25)16-4-2-11-26-16/h5-6,12-13,16H,2-4,7-11H2,1H3/t16-/m1/s1. The Hall–Kier alpha value is -2.41. The van der Waals surface area contributed by atoms with Gasteiger partial charge in [-0.05, 0) is 38.3 Å². The van der Waals surface area contributed by atoms with Crippen molar-refractivity contribution < 1.29 is 14.3 Å². The van der Waals surface area contributed by atoms with Crippen molar-refractivity contribution in [3.63, 3.8) is 0 Å². The van der Waals surface area contributed by atoms with Crippen molar-refractivity contribution in [2.24, 2.45) is 0 Å². The first-order valence-corrected chi connectivity index (χ1v) is 9.27. The third kappa shape index (κ3) is 3.31. The number of rotatable bonds is 2. The Labute approximate surface area is 152 Å². The maximum atomic E-state index is 12.9. The van der Waals surface area contributed by atoms with E-state index in [4.69, 9.17) is 4.74 Å². The van der Waals surface area contributed by atoms with Gasteiger partial charge in [-0.2, -0.15) is 0 Å². The molecule has 0 saturated carbocycles. The lowest BCUT2D eigenvalue weighted by molar-refractivity contribution is -0.140. The number of carbonyl (C=O) groups excluding carboxylic acids is 2. The predicted octanol–water partition coefficient (Wildman–Crippen LogP) is 1.50. The van der Waals surface area contributed by atoms with E-state index in [0.29, 0.717) is 38.3 Å². The number of imidazole rings is 1. The molecule has 0 radical (unpaired) electrons. The van der Waals surface area contributed by atoms with Gasteiger partial charge in [-0.3, -0.25) is 9.59 Å². The summed E-state index contributed by atoms with van der Waals surface area (Å²) >= 11 is 0. The van der Waals surface area contributed by atoms with Crippen molar-refractivity contribution >= 4 is 17.5 Å². The van der Waals surface area contributed by atoms with Gasteiger partial charge in [0.15, 0.2) is 0 Å². The fraction of sp³-hybridized carbons (Fsp3) is 0.526. The van der Waals surface area contributed by atoms with Gasteiger partial charge in [0.1, 0.15) is 11.8 Å². The molecule has 2 aromatic heterocycles. The number of hydrogen-bond acceptors (Lipinski definition) is 4.